The summed E-state index contributed by atoms with van der Waals surface area (Å²) in [5.41, 5.74) is 0.544. The van der Waals surface area contributed by atoms with E-state index in [0.29, 0.717) is 16.3 Å². The van der Waals surface area contributed by atoms with Gasteiger partial charge in [0.1, 0.15) is 5.82 Å². The van der Waals surface area contributed by atoms with Crippen molar-refractivity contribution in [2.24, 2.45) is 0 Å². The Morgan fingerprint density at radius 3 is 2.50 bits per heavy atom. The normalized spacial score (nSPS) is 12.4. The predicted molar refractivity (Wildman–Crippen MR) is 110 cm³/mol. The number of sulfone groups is 1. The minimum Gasteiger partial charge on any atom is -0.465 e. The summed E-state index contributed by atoms with van der Waals surface area (Å²) in [5, 5.41) is 2.17. The maximum atomic E-state index is 14.2. The first-order chi connectivity index (χ1) is 14.3. The number of nitrogens with one attached hydrogen (secondary N) is 1. The molecule has 0 aliphatic rings. The molecule has 0 radical (unpaired) electrons. The lowest BCUT2D eigenvalue weighted by Gasteiger charge is -2.19. The third kappa shape index (κ3) is 4.84. The number of carbonyl (C=O) groups is 1. The molecule has 0 spiro atoms. The first-order valence-corrected chi connectivity index (χ1v) is 10.8. The van der Waals surface area contributed by atoms with Crippen molar-refractivity contribution in [2.75, 3.05) is 7.11 Å². The molecule has 3 aromatic rings. The summed E-state index contributed by atoms with van der Waals surface area (Å²) in [7, 11) is -2.71. The smallest absolute Gasteiger partial charge is 0.340 e. The molecular formula is C21H18ClFN2O4S. The van der Waals surface area contributed by atoms with Crippen LogP contribution in [0.5, 0.6) is 0 Å². The Morgan fingerprint density at radius 1 is 1.17 bits per heavy atom. The number of hydrogen-bond donors (Lipinski definition) is 1. The number of hydrogen-bond acceptors (Lipinski definition) is 6. The second-order valence-corrected chi connectivity index (χ2v) is 8.79. The molecular weight excluding hydrogens is 431 g/mol. The summed E-state index contributed by atoms with van der Waals surface area (Å²) < 4.78 is 45.2. The molecule has 0 aliphatic heterocycles. The number of methoxy groups -OCH3 is 1. The Balaban J connectivity index is 1.90. The Morgan fingerprint density at radius 2 is 1.90 bits per heavy atom. The van der Waals surface area contributed by atoms with Crippen molar-refractivity contribution in [1.29, 1.82) is 0 Å². The highest BCUT2D eigenvalue weighted by Crippen LogP contribution is 2.27. The summed E-state index contributed by atoms with van der Waals surface area (Å²) in [5.74, 6) is -1.54. The fourth-order valence-electron chi connectivity index (χ4n) is 2.82. The van der Waals surface area contributed by atoms with Crippen LogP contribution < -0.4 is 5.32 Å². The van der Waals surface area contributed by atoms with E-state index < -0.39 is 27.0 Å². The van der Waals surface area contributed by atoms with Gasteiger partial charge in [0, 0.05) is 17.8 Å². The van der Waals surface area contributed by atoms with E-state index >= 15 is 0 Å². The van der Waals surface area contributed by atoms with Crippen LogP contribution in [-0.4, -0.2) is 26.5 Å². The van der Waals surface area contributed by atoms with E-state index in [1.54, 1.807) is 18.2 Å². The highest BCUT2D eigenvalue weighted by atomic mass is 35.5. The number of aromatic nitrogens is 1. The predicted octanol–water partition coefficient (Wildman–Crippen LogP) is 3.92. The number of ether oxygens (including phenoxy) is 1. The van der Waals surface area contributed by atoms with Gasteiger partial charge in [-0.3, -0.25) is 10.3 Å². The molecule has 1 aromatic heterocycles. The molecule has 0 fully saturated rings. The highest BCUT2D eigenvalue weighted by Gasteiger charge is 2.30. The molecule has 1 unspecified atom stereocenters. The van der Waals surface area contributed by atoms with Crippen LogP contribution in [0.4, 0.5) is 4.39 Å². The van der Waals surface area contributed by atoms with Crippen molar-refractivity contribution < 1.29 is 22.3 Å². The number of nitrogens with zero attached hydrogens (tertiary/aromatic N) is 1. The van der Waals surface area contributed by atoms with E-state index in [0.717, 1.165) is 13.2 Å². The summed E-state index contributed by atoms with van der Waals surface area (Å²) in [6.45, 7) is 0.0203. The van der Waals surface area contributed by atoms with Crippen molar-refractivity contribution in [3.8, 4) is 0 Å². The fraction of sp³-hybridized carbons (Fsp3) is 0.143. The Labute approximate surface area is 178 Å². The summed E-state index contributed by atoms with van der Waals surface area (Å²) in [6, 6.07) is 14.7. The monoisotopic (exact) mass is 448 g/mol. The maximum absolute atomic E-state index is 14.2. The molecule has 0 amide bonds. The molecule has 3 rings (SSSR count). The fourth-order valence-corrected chi connectivity index (χ4v) is 4.49. The Hall–Kier alpha value is -2.81. The third-order valence-electron chi connectivity index (χ3n) is 4.34. The van der Waals surface area contributed by atoms with Crippen molar-refractivity contribution >= 4 is 27.4 Å². The highest BCUT2D eigenvalue weighted by molar-refractivity contribution is 7.91. The van der Waals surface area contributed by atoms with E-state index in [2.05, 4.69) is 15.0 Å². The molecule has 156 valence electrons. The zero-order valence-electron chi connectivity index (χ0n) is 15.9. The van der Waals surface area contributed by atoms with Crippen molar-refractivity contribution in [2.45, 2.75) is 16.8 Å². The number of pyridine rings is 1. The standard InChI is InChI=1S/C21H18ClFN2O4S/c1-29-21(26)17-10-5-14(12-18(17)23)13-25-20(19-4-2-3-11-24-19)30(27,28)16-8-6-15(22)7-9-16/h2-12,20,25H,13H2,1H3. The van der Waals surface area contributed by atoms with E-state index in [4.69, 9.17) is 11.6 Å². The van der Waals surface area contributed by atoms with Gasteiger partial charge in [0.15, 0.2) is 15.2 Å². The number of halogens is 2. The van der Waals surface area contributed by atoms with Gasteiger partial charge in [0.05, 0.1) is 23.3 Å². The van der Waals surface area contributed by atoms with Gasteiger partial charge in [-0.2, -0.15) is 0 Å². The lowest BCUT2D eigenvalue weighted by molar-refractivity contribution is 0.0595. The van der Waals surface area contributed by atoms with Crippen LogP contribution in [0.1, 0.15) is 27.0 Å². The van der Waals surface area contributed by atoms with Gasteiger partial charge in [0.2, 0.25) is 0 Å². The summed E-state index contributed by atoms with van der Waals surface area (Å²) in [4.78, 5) is 15.8. The van der Waals surface area contributed by atoms with Gasteiger partial charge < -0.3 is 4.74 Å². The number of carbonyl (C=O) groups excluding carboxylic acids is 1. The second-order valence-electron chi connectivity index (χ2n) is 6.32. The van der Waals surface area contributed by atoms with Crippen molar-refractivity contribution in [3.63, 3.8) is 0 Å². The van der Waals surface area contributed by atoms with Crippen LogP contribution in [-0.2, 0) is 21.1 Å². The van der Waals surface area contributed by atoms with Crippen LogP contribution in [0.2, 0.25) is 5.02 Å². The van der Waals surface area contributed by atoms with Gasteiger partial charge >= 0.3 is 5.97 Å². The summed E-state index contributed by atoms with van der Waals surface area (Å²) in [6.07, 6.45) is 1.49. The molecule has 9 heteroatoms. The average molecular weight is 449 g/mol. The minimum atomic E-state index is -3.88. The summed E-state index contributed by atoms with van der Waals surface area (Å²) >= 11 is 5.87. The third-order valence-corrected chi connectivity index (χ3v) is 6.55. The topological polar surface area (TPSA) is 85.4 Å². The van der Waals surface area contributed by atoms with E-state index in [9.17, 15) is 17.6 Å². The van der Waals surface area contributed by atoms with Crippen molar-refractivity contribution in [1.82, 2.24) is 10.3 Å². The van der Waals surface area contributed by atoms with E-state index in [1.165, 1.54) is 42.6 Å². The SMILES string of the molecule is COC(=O)c1ccc(CNC(c2ccccn2)S(=O)(=O)c2ccc(Cl)cc2)cc1F. The minimum absolute atomic E-state index is 0.0203. The molecule has 6 nitrogen and oxygen atoms in total. The Bertz CT molecular complexity index is 1140. The molecule has 1 N–H and O–H groups in total. The van der Waals surface area contributed by atoms with Gasteiger partial charge in [-0.15, -0.1) is 0 Å². The number of benzene rings is 2. The lowest BCUT2D eigenvalue weighted by atomic mass is 10.1. The second kappa shape index (κ2) is 9.34. The average Bonchev–Trinajstić information content (AvgIpc) is 2.74. The zero-order valence-corrected chi connectivity index (χ0v) is 17.5. The van der Waals surface area contributed by atoms with Crippen LogP contribution >= 0.6 is 11.6 Å². The van der Waals surface area contributed by atoms with Crippen LogP contribution in [0.15, 0.2) is 71.8 Å². The van der Waals surface area contributed by atoms with Crippen LogP contribution in [0.25, 0.3) is 0 Å². The molecule has 0 saturated carbocycles. The van der Waals surface area contributed by atoms with Crippen LogP contribution in [0.3, 0.4) is 0 Å². The molecule has 0 saturated heterocycles. The van der Waals surface area contributed by atoms with Gasteiger partial charge in [-0.25, -0.2) is 17.6 Å². The number of rotatable bonds is 7. The molecule has 0 aliphatic carbocycles. The first kappa shape index (κ1) is 21.9. The molecule has 0 bridgehead atoms. The van der Waals surface area contributed by atoms with E-state index in [1.807, 2.05) is 0 Å². The number of esters is 1. The van der Waals surface area contributed by atoms with Crippen molar-refractivity contribution in [3.05, 3.63) is 94.5 Å². The molecule has 2 aromatic carbocycles. The zero-order chi connectivity index (χ0) is 21.7. The molecule has 1 heterocycles. The first-order valence-electron chi connectivity index (χ1n) is 8.83. The quantitative estimate of drug-likeness (QED) is 0.551. The molecule has 30 heavy (non-hydrogen) atoms. The van der Waals surface area contributed by atoms with Crippen LogP contribution in [0, 0.1) is 5.82 Å². The lowest BCUT2D eigenvalue weighted by Crippen LogP contribution is -2.29. The van der Waals surface area contributed by atoms with E-state index in [-0.39, 0.29) is 17.0 Å². The molecule has 1 atom stereocenters. The van der Waals surface area contributed by atoms with Gasteiger partial charge in [0.25, 0.3) is 0 Å². The van der Waals surface area contributed by atoms with Gasteiger partial charge in [-0.05, 0) is 54.1 Å². The Kier molecular flexibility index (Phi) is 6.81. The maximum Gasteiger partial charge on any atom is 0.340 e. The van der Waals surface area contributed by atoms with Gasteiger partial charge in [-0.1, -0.05) is 23.7 Å². The largest absolute Gasteiger partial charge is 0.465 e.